The van der Waals surface area contributed by atoms with Crippen LogP contribution in [0.2, 0.25) is 0 Å². The first-order valence-electron chi connectivity index (χ1n) is 6.93. The second-order valence-corrected chi connectivity index (χ2v) is 5.71. The fourth-order valence-corrected chi connectivity index (χ4v) is 3.13. The second kappa shape index (κ2) is 9.23. The van der Waals surface area contributed by atoms with E-state index in [2.05, 4.69) is 30.9 Å². The van der Waals surface area contributed by atoms with E-state index in [1.165, 1.54) is 5.56 Å². The van der Waals surface area contributed by atoms with Crippen molar-refractivity contribution < 1.29 is 4.74 Å². The number of nitrogens with two attached hydrogens (primary N) is 1. The van der Waals surface area contributed by atoms with E-state index >= 15 is 0 Å². The van der Waals surface area contributed by atoms with Gasteiger partial charge < -0.3 is 15.4 Å². The minimum absolute atomic E-state index is 0.352. The molecule has 0 heterocycles. The number of benzene rings is 1. The lowest BCUT2D eigenvalue weighted by Gasteiger charge is -2.20. The van der Waals surface area contributed by atoms with E-state index in [1.807, 2.05) is 23.9 Å². The maximum Gasteiger partial charge on any atom is 0.119 e. The zero-order chi connectivity index (χ0) is 14.1. The maximum atomic E-state index is 5.90. The summed E-state index contributed by atoms with van der Waals surface area (Å²) in [5, 5.41) is 0.352. The zero-order valence-corrected chi connectivity index (χ0v) is 13.1. The highest BCUT2D eigenvalue weighted by molar-refractivity contribution is 7.99. The van der Waals surface area contributed by atoms with Gasteiger partial charge in [0.1, 0.15) is 5.75 Å². The summed E-state index contributed by atoms with van der Waals surface area (Å²) in [5.74, 6) is 2.01. The second-order valence-electron chi connectivity index (χ2n) is 4.40. The molecule has 19 heavy (non-hydrogen) atoms. The molecule has 0 aliphatic carbocycles. The van der Waals surface area contributed by atoms with Crippen LogP contribution in [0.15, 0.2) is 24.3 Å². The zero-order valence-electron chi connectivity index (χ0n) is 12.3. The third-order valence-corrected chi connectivity index (χ3v) is 4.59. The Labute approximate surface area is 121 Å². The Morgan fingerprint density at radius 3 is 2.63 bits per heavy atom. The maximum absolute atomic E-state index is 5.90. The fourth-order valence-electron chi connectivity index (χ4n) is 2.01. The van der Waals surface area contributed by atoms with Gasteiger partial charge in [0.25, 0.3) is 0 Å². The number of hydrogen-bond donors (Lipinski definition) is 1. The summed E-state index contributed by atoms with van der Waals surface area (Å²) in [5.41, 5.74) is 7.16. The van der Waals surface area contributed by atoms with Gasteiger partial charge in [0.15, 0.2) is 0 Å². The molecule has 0 spiro atoms. The van der Waals surface area contributed by atoms with Gasteiger partial charge in [0, 0.05) is 24.1 Å². The third kappa shape index (κ3) is 5.43. The van der Waals surface area contributed by atoms with E-state index in [4.69, 9.17) is 10.5 Å². The highest BCUT2D eigenvalue weighted by Crippen LogP contribution is 2.29. The summed E-state index contributed by atoms with van der Waals surface area (Å²) in [6.07, 6.45) is 0. The summed E-state index contributed by atoms with van der Waals surface area (Å²) in [7, 11) is 1.70. The van der Waals surface area contributed by atoms with Crippen LogP contribution in [0, 0.1) is 0 Å². The molecular formula is C15H26N2OS. The van der Waals surface area contributed by atoms with Crippen LogP contribution in [-0.2, 0) is 0 Å². The first-order chi connectivity index (χ1) is 9.24. The molecule has 1 rings (SSSR count). The lowest BCUT2D eigenvalue weighted by Crippen LogP contribution is -2.26. The fraction of sp³-hybridized carbons (Fsp3) is 0.600. The molecule has 0 aliphatic heterocycles. The average Bonchev–Trinajstić information content (AvgIpc) is 2.47. The molecule has 3 nitrogen and oxygen atoms in total. The van der Waals surface area contributed by atoms with Crippen molar-refractivity contribution in [3.63, 3.8) is 0 Å². The van der Waals surface area contributed by atoms with Crippen molar-refractivity contribution >= 4 is 11.8 Å². The van der Waals surface area contributed by atoms with Crippen molar-refractivity contribution in [2.75, 3.05) is 39.0 Å². The van der Waals surface area contributed by atoms with E-state index in [1.54, 1.807) is 7.11 Å². The number of nitrogens with zero attached hydrogens (tertiary/aromatic N) is 1. The summed E-state index contributed by atoms with van der Waals surface area (Å²) in [6.45, 7) is 8.43. The van der Waals surface area contributed by atoms with Crippen molar-refractivity contribution in [1.82, 2.24) is 4.90 Å². The summed E-state index contributed by atoms with van der Waals surface area (Å²) >= 11 is 1.93. The van der Waals surface area contributed by atoms with Gasteiger partial charge in [-0.2, -0.15) is 11.8 Å². The van der Waals surface area contributed by atoms with Crippen LogP contribution in [0.3, 0.4) is 0 Å². The molecule has 0 saturated carbocycles. The van der Waals surface area contributed by atoms with E-state index in [0.29, 0.717) is 11.8 Å². The molecule has 108 valence electrons. The molecule has 0 fully saturated rings. The Hall–Kier alpha value is -0.710. The smallest absolute Gasteiger partial charge is 0.119 e. The highest BCUT2D eigenvalue weighted by atomic mass is 32.2. The number of thioether (sulfide) groups is 1. The van der Waals surface area contributed by atoms with Crippen LogP contribution in [0.25, 0.3) is 0 Å². The van der Waals surface area contributed by atoms with Crippen LogP contribution in [-0.4, -0.2) is 43.9 Å². The first kappa shape index (κ1) is 16.3. The van der Waals surface area contributed by atoms with Gasteiger partial charge in [0.2, 0.25) is 0 Å². The lowest BCUT2D eigenvalue weighted by molar-refractivity contribution is 0.324. The van der Waals surface area contributed by atoms with Crippen LogP contribution in [0.1, 0.15) is 24.7 Å². The molecule has 2 N–H and O–H groups in total. The number of methoxy groups -OCH3 is 1. The van der Waals surface area contributed by atoms with Gasteiger partial charge in [-0.25, -0.2) is 0 Å². The molecular weight excluding hydrogens is 256 g/mol. The van der Waals surface area contributed by atoms with Gasteiger partial charge in [-0.1, -0.05) is 26.0 Å². The molecule has 0 bridgehead atoms. The summed E-state index contributed by atoms with van der Waals surface area (Å²) in [6, 6.07) is 8.21. The van der Waals surface area contributed by atoms with E-state index in [0.717, 1.165) is 31.1 Å². The third-order valence-electron chi connectivity index (χ3n) is 3.30. The van der Waals surface area contributed by atoms with Crippen LogP contribution in [0.5, 0.6) is 5.75 Å². The van der Waals surface area contributed by atoms with Crippen molar-refractivity contribution in [2.24, 2.45) is 5.73 Å². The minimum Gasteiger partial charge on any atom is -0.497 e. The van der Waals surface area contributed by atoms with Crippen LogP contribution in [0.4, 0.5) is 0 Å². The molecule has 1 atom stereocenters. The van der Waals surface area contributed by atoms with Crippen molar-refractivity contribution in [3.8, 4) is 5.75 Å². The number of ether oxygens (including phenoxy) is 1. The lowest BCUT2D eigenvalue weighted by atomic mass is 10.1. The molecule has 0 amide bonds. The molecule has 1 unspecified atom stereocenters. The van der Waals surface area contributed by atoms with Crippen LogP contribution < -0.4 is 10.5 Å². The molecule has 1 aromatic carbocycles. The Kier molecular flexibility index (Phi) is 7.94. The van der Waals surface area contributed by atoms with Gasteiger partial charge in [-0.15, -0.1) is 0 Å². The summed E-state index contributed by atoms with van der Waals surface area (Å²) < 4.78 is 5.27. The van der Waals surface area contributed by atoms with E-state index in [9.17, 15) is 0 Å². The van der Waals surface area contributed by atoms with E-state index in [-0.39, 0.29) is 0 Å². The first-order valence-corrected chi connectivity index (χ1v) is 7.97. The SMILES string of the molecule is CCN(CC)CCSC(CN)c1cccc(OC)c1. The van der Waals surface area contributed by atoms with Gasteiger partial charge >= 0.3 is 0 Å². The van der Waals surface area contributed by atoms with Gasteiger partial charge in [-0.05, 0) is 30.8 Å². The van der Waals surface area contributed by atoms with Gasteiger partial charge in [0.05, 0.1) is 7.11 Å². The van der Waals surface area contributed by atoms with Crippen LogP contribution >= 0.6 is 11.8 Å². The molecule has 0 saturated heterocycles. The van der Waals surface area contributed by atoms with Crippen molar-refractivity contribution in [1.29, 1.82) is 0 Å². The summed E-state index contributed by atoms with van der Waals surface area (Å²) in [4.78, 5) is 2.44. The highest BCUT2D eigenvalue weighted by Gasteiger charge is 2.11. The molecule has 1 aromatic rings. The number of rotatable bonds is 9. The molecule has 4 heteroatoms. The quantitative estimate of drug-likeness (QED) is 0.756. The minimum atomic E-state index is 0.352. The molecule has 0 aliphatic rings. The molecule has 0 radical (unpaired) electrons. The average molecular weight is 282 g/mol. The Morgan fingerprint density at radius 1 is 1.32 bits per heavy atom. The van der Waals surface area contributed by atoms with Gasteiger partial charge in [-0.3, -0.25) is 0 Å². The van der Waals surface area contributed by atoms with E-state index < -0.39 is 0 Å². The van der Waals surface area contributed by atoms with Crippen molar-refractivity contribution in [2.45, 2.75) is 19.1 Å². The predicted molar refractivity (Wildman–Crippen MR) is 85.0 cm³/mol. The number of hydrogen-bond acceptors (Lipinski definition) is 4. The topological polar surface area (TPSA) is 38.5 Å². The monoisotopic (exact) mass is 282 g/mol. The largest absolute Gasteiger partial charge is 0.497 e. The Morgan fingerprint density at radius 2 is 2.05 bits per heavy atom. The normalized spacial score (nSPS) is 12.7. The van der Waals surface area contributed by atoms with Crippen molar-refractivity contribution in [3.05, 3.63) is 29.8 Å². The standard InChI is InChI=1S/C15H26N2OS/c1-4-17(5-2)9-10-19-15(12-16)13-7-6-8-14(11-13)18-3/h6-8,11,15H,4-5,9-10,12,16H2,1-3H3. The Balaban J connectivity index is 2.52. The predicted octanol–water partition coefficient (Wildman–Crippen LogP) is 2.77. The Bertz CT molecular complexity index is 356. The molecule has 0 aromatic heterocycles.